The van der Waals surface area contributed by atoms with Gasteiger partial charge in [-0.25, -0.2) is 0 Å². The summed E-state index contributed by atoms with van der Waals surface area (Å²) in [4.78, 5) is -0.130. The molecule has 0 aliphatic rings. The summed E-state index contributed by atoms with van der Waals surface area (Å²) in [6.45, 7) is 0. The number of benzene rings is 2. The van der Waals surface area contributed by atoms with Crippen molar-refractivity contribution in [3.8, 4) is 0 Å². The number of anilines is 4. The summed E-state index contributed by atoms with van der Waals surface area (Å²) in [6, 6.07) is 7.26. The maximum Gasteiger partial charge on any atom is 0.112 e. The van der Waals surface area contributed by atoms with Gasteiger partial charge < -0.3 is 36.5 Å². The van der Waals surface area contributed by atoms with Crippen LogP contribution in [-0.2, 0) is 5.75 Å². The smallest absolute Gasteiger partial charge is 0.112 e. The largest absolute Gasteiger partial charge is 0.769 e. The molecule has 0 heterocycles. The second-order valence-electron chi connectivity index (χ2n) is 4.86. The summed E-state index contributed by atoms with van der Waals surface area (Å²) in [5, 5.41) is 78.2. The summed E-state index contributed by atoms with van der Waals surface area (Å²) in [5.41, 5.74) is -1.05. The fraction of sp³-hybridized carbons (Fsp3) is 0.0769. The first kappa shape index (κ1) is 20.0. The van der Waals surface area contributed by atoms with E-state index in [0.717, 1.165) is 23.9 Å². The Balaban J connectivity index is 2.34. The first-order valence-corrected chi connectivity index (χ1v) is 7.73. The first-order valence-electron chi connectivity index (χ1n) is 6.75. The Morgan fingerprint density at radius 2 is 1.35 bits per heavy atom. The molecule has 0 aromatic heterocycles. The van der Waals surface area contributed by atoms with E-state index < -0.39 is 32.7 Å². The van der Waals surface area contributed by atoms with Crippen LogP contribution in [-0.4, -0.2) is 20.8 Å². The predicted molar refractivity (Wildman–Crippen MR) is 93.0 cm³/mol. The molecule has 0 fully saturated rings. The molecule has 142 valence electrons. The molecule has 0 radical (unpaired) electrons. The molecule has 0 aliphatic carbocycles. The fourth-order valence-corrected chi connectivity index (χ4v) is 3.08. The van der Waals surface area contributed by atoms with Crippen LogP contribution >= 0.6 is 11.8 Å². The molecule has 0 bridgehead atoms. The maximum absolute atomic E-state index is 11.3. The van der Waals surface area contributed by atoms with Crippen molar-refractivity contribution in [2.24, 2.45) is 0 Å². The van der Waals surface area contributed by atoms with Crippen LogP contribution in [0.4, 0.5) is 22.7 Å². The van der Waals surface area contributed by atoms with Gasteiger partial charge in [-0.2, -0.15) is 0 Å². The van der Waals surface area contributed by atoms with Gasteiger partial charge >= 0.3 is 0 Å². The number of thioether (sulfide) groups is 1. The van der Waals surface area contributed by atoms with Crippen LogP contribution in [0.5, 0.6) is 0 Å². The number of nitrogens with zero attached hydrogens (tertiary/aromatic N) is 4. The van der Waals surface area contributed by atoms with Gasteiger partial charge in [0.2, 0.25) is 0 Å². The van der Waals surface area contributed by atoms with Crippen molar-refractivity contribution < 1.29 is 20.8 Å². The normalized spacial score (nSPS) is 10.6. The Bertz CT molecular complexity index is 712. The van der Waals surface area contributed by atoms with Crippen molar-refractivity contribution >= 4 is 34.5 Å². The van der Waals surface area contributed by atoms with Crippen molar-refractivity contribution in [1.82, 2.24) is 0 Å². The third kappa shape index (κ3) is 4.64. The minimum absolute atomic E-state index is 0.00607. The van der Waals surface area contributed by atoms with Gasteiger partial charge in [-0.05, 0) is 29.8 Å². The molecule has 2 rings (SSSR count). The van der Waals surface area contributed by atoms with Crippen LogP contribution in [0.2, 0.25) is 0 Å². The van der Waals surface area contributed by atoms with Crippen molar-refractivity contribution in [3.63, 3.8) is 0 Å². The van der Waals surface area contributed by atoms with E-state index in [-0.39, 0.29) is 21.6 Å². The minimum Gasteiger partial charge on any atom is -0.769 e. The van der Waals surface area contributed by atoms with Crippen LogP contribution < -0.4 is 20.9 Å². The highest BCUT2D eigenvalue weighted by Crippen LogP contribution is 2.42. The second-order valence-corrected chi connectivity index (χ2v) is 5.85. The lowest BCUT2D eigenvalue weighted by Crippen LogP contribution is -2.17. The third-order valence-corrected chi connectivity index (χ3v) is 4.39. The van der Waals surface area contributed by atoms with Crippen LogP contribution in [0.1, 0.15) is 5.56 Å². The van der Waals surface area contributed by atoms with Crippen LogP contribution in [0.25, 0.3) is 0 Å². The van der Waals surface area contributed by atoms with Crippen molar-refractivity contribution in [2.75, 3.05) is 20.9 Å². The highest BCUT2D eigenvalue weighted by Gasteiger charge is 2.16. The van der Waals surface area contributed by atoms with E-state index in [1.54, 1.807) is 0 Å². The zero-order chi connectivity index (χ0) is 19.4. The average molecular weight is 384 g/mol. The quantitative estimate of drug-likeness (QED) is 0.403. The second kappa shape index (κ2) is 8.37. The number of hydrogen-bond acceptors (Lipinski definition) is 13. The van der Waals surface area contributed by atoms with E-state index in [2.05, 4.69) is 0 Å². The van der Waals surface area contributed by atoms with E-state index in [1.807, 2.05) is 0 Å². The lowest BCUT2D eigenvalue weighted by molar-refractivity contribution is 0.0277. The Morgan fingerprint density at radius 3 is 1.81 bits per heavy atom. The molecule has 2 aromatic rings. The van der Waals surface area contributed by atoms with Gasteiger partial charge in [-0.3, -0.25) is 20.8 Å². The molecule has 26 heavy (non-hydrogen) atoms. The van der Waals surface area contributed by atoms with Crippen LogP contribution in [0, 0.1) is 20.8 Å². The summed E-state index contributed by atoms with van der Waals surface area (Å²) < 4.78 is 0. The van der Waals surface area contributed by atoms with E-state index in [0.29, 0.717) is 5.56 Å². The zero-order valence-electron chi connectivity index (χ0n) is 12.8. The summed E-state index contributed by atoms with van der Waals surface area (Å²) in [5.74, 6) is 0.143. The molecule has 0 spiro atoms. The van der Waals surface area contributed by atoms with E-state index >= 15 is 0 Å². The van der Waals surface area contributed by atoms with Crippen molar-refractivity contribution in [2.45, 2.75) is 10.6 Å². The molecule has 13 heteroatoms. The van der Waals surface area contributed by atoms with Gasteiger partial charge in [-0.1, -0.05) is 12.1 Å². The van der Waals surface area contributed by atoms with E-state index in [1.165, 1.54) is 24.3 Å². The summed E-state index contributed by atoms with van der Waals surface area (Å²) in [7, 11) is 0. The Hall–Kier alpha value is -2.33. The topological polar surface area (TPSA) is 186 Å². The summed E-state index contributed by atoms with van der Waals surface area (Å²) >= 11 is 0.878. The van der Waals surface area contributed by atoms with E-state index in [4.69, 9.17) is 5.21 Å². The third-order valence-electron chi connectivity index (χ3n) is 3.21. The molecule has 0 aliphatic heterocycles. The summed E-state index contributed by atoms with van der Waals surface area (Å²) in [6.07, 6.45) is 0. The monoisotopic (exact) mass is 384 g/mol. The van der Waals surface area contributed by atoms with Gasteiger partial charge in [0.25, 0.3) is 0 Å². The molecule has 2 aromatic carbocycles. The Morgan fingerprint density at radius 1 is 0.769 bits per heavy atom. The van der Waals surface area contributed by atoms with Gasteiger partial charge in [0.15, 0.2) is 0 Å². The average Bonchev–Trinajstić information content (AvgIpc) is 2.59. The van der Waals surface area contributed by atoms with E-state index in [9.17, 15) is 36.5 Å². The van der Waals surface area contributed by atoms with Gasteiger partial charge in [0.05, 0.1) is 16.3 Å². The van der Waals surface area contributed by atoms with Gasteiger partial charge in [0.1, 0.15) is 5.69 Å². The van der Waals surface area contributed by atoms with Gasteiger partial charge in [-0.15, -0.1) is 17.0 Å². The highest BCUT2D eigenvalue weighted by molar-refractivity contribution is 7.98. The number of hydrogen-bond donors (Lipinski definition) is 4. The standard InChI is InChI=1S/C13H12N4O8S/c18-14(19)9-3-1-8(2-4-9)7-26-13-11(16(22)23)5-10(15(20)21)6-12(13)17(24)25/h1-6,18,22-24H,7H2/q-4. The molecule has 0 atom stereocenters. The minimum atomic E-state index is -0.864. The molecule has 0 saturated carbocycles. The van der Waals surface area contributed by atoms with Crippen molar-refractivity contribution in [3.05, 3.63) is 62.8 Å². The predicted octanol–water partition coefficient (Wildman–Crippen LogP) is 2.75. The van der Waals surface area contributed by atoms with Gasteiger partial charge in [0, 0.05) is 11.4 Å². The SMILES string of the molecule is [O-]N([O-])c1cc(N([O-])O)c(SCc2ccc(N([O-])O)cc2)c(N(O)O)c1. The Labute approximate surface area is 150 Å². The van der Waals surface area contributed by atoms with Crippen molar-refractivity contribution in [1.29, 1.82) is 0 Å². The highest BCUT2D eigenvalue weighted by atomic mass is 32.2. The number of rotatable bonds is 7. The molecule has 0 amide bonds. The zero-order valence-corrected chi connectivity index (χ0v) is 13.6. The molecule has 12 nitrogen and oxygen atoms in total. The molecular formula is C13H12N4O8S-4. The Kier molecular flexibility index (Phi) is 6.43. The molecule has 4 N–H and O–H groups in total. The molecule has 0 saturated heterocycles. The maximum atomic E-state index is 11.3. The van der Waals surface area contributed by atoms with Crippen LogP contribution in [0.15, 0.2) is 41.3 Å². The lowest BCUT2D eigenvalue weighted by atomic mass is 10.2. The first-order chi connectivity index (χ1) is 12.2. The fourth-order valence-electron chi connectivity index (χ4n) is 2.00. The van der Waals surface area contributed by atoms with Crippen LogP contribution in [0.3, 0.4) is 0 Å². The molecule has 0 unspecified atom stereocenters. The molecular weight excluding hydrogens is 372 g/mol. The lowest BCUT2D eigenvalue weighted by Gasteiger charge is -2.39.